The van der Waals surface area contributed by atoms with Gasteiger partial charge in [0.15, 0.2) is 0 Å². The topological polar surface area (TPSA) is 26.3 Å². The van der Waals surface area contributed by atoms with Crippen molar-refractivity contribution in [2.45, 2.75) is 32.9 Å². The van der Waals surface area contributed by atoms with E-state index in [4.69, 9.17) is 4.74 Å². The molecule has 2 nitrogen and oxygen atoms in total. The summed E-state index contributed by atoms with van der Waals surface area (Å²) in [5.74, 6) is -0.810. The van der Waals surface area contributed by atoms with E-state index in [1.807, 2.05) is 31.2 Å². The predicted molar refractivity (Wildman–Crippen MR) is 127 cm³/mol. The summed E-state index contributed by atoms with van der Waals surface area (Å²) < 4.78 is 20.6. The van der Waals surface area contributed by atoms with Crippen molar-refractivity contribution in [1.29, 1.82) is 0 Å². The van der Waals surface area contributed by atoms with Crippen molar-refractivity contribution in [2.75, 3.05) is 18.9 Å². The number of rotatable bonds is 9. The third kappa shape index (κ3) is 5.38. The summed E-state index contributed by atoms with van der Waals surface area (Å²) in [6.07, 6.45) is 4.09. The van der Waals surface area contributed by atoms with Crippen LogP contribution in [0.4, 0.5) is 4.39 Å². The third-order valence-corrected chi connectivity index (χ3v) is 7.65. The summed E-state index contributed by atoms with van der Waals surface area (Å²) in [5, 5.41) is 0. The highest BCUT2D eigenvalue weighted by molar-refractivity contribution is 7.18. The number of carbonyl (C=O) groups excluding carboxylic acids is 1. The van der Waals surface area contributed by atoms with Gasteiger partial charge < -0.3 is 4.74 Å². The van der Waals surface area contributed by atoms with E-state index in [2.05, 4.69) is 34.6 Å². The van der Waals surface area contributed by atoms with Crippen molar-refractivity contribution in [3.63, 3.8) is 0 Å². The first-order valence-electron chi connectivity index (χ1n) is 9.57. The standard InChI is InChI=1S/C22H30FO2P3/c1-3-22(13-27,14-28)10-11-25-21(24)18-9-8-17(20(23)19(18)12-26)16-6-4-15(2)5-7-16/h4-9H,3,10-14,26-28H2,1-2H3. The zero-order valence-corrected chi connectivity index (χ0v) is 20.1. The van der Waals surface area contributed by atoms with Gasteiger partial charge in [0, 0.05) is 11.1 Å². The second kappa shape index (κ2) is 10.8. The molecule has 152 valence electrons. The van der Waals surface area contributed by atoms with Crippen LogP contribution in [-0.4, -0.2) is 24.9 Å². The highest BCUT2D eigenvalue weighted by Gasteiger charge is 2.25. The molecule has 0 amide bonds. The number of ether oxygens (including phenoxy) is 1. The normalized spacial score (nSPS) is 11.5. The van der Waals surface area contributed by atoms with Crippen molar-refractivity contribution in [1.82, 2.24) is 0 Å². The van der Waals surface area contributed by atoms with Crippen molar-refractivity contribution < 1.29 is 13.9 Å². The fraction of sp³-hybridized carbons (Fsp3) is 0.409. The Balaban J connectivity index is 2.20. The van der Waals surface area contributed by atoms with Crippen molar-refractivity contribution in [2.24, 2.45) is 5.41 Å². The van der Waals surface area contributed by atoms with Crippen LogP contribution in [0.2, 0.25) is 0 Å². The van der Waals surface area contributed by atoms with Crippen LogP contribution in [0, 0.1) is 18.2 Å². The van der Waals surface area contributed by atoms with E-state index >= 15 is 4.39 Å². The lowest BCUT2D eigenvalue weighted by Gasteiger charge is -2.29. The molecule has 0 saturated heterocycles. The highest BCUT2D eigenvalue weighted by Crippen LogP contribution is 2.32. The van der Waals surface area contributed by atoms with Gasteiger partial charge in [-0.2, -0.15) is 0 Å². The molecule has 28 heavy (non-hydrogen) atoms. The monoisotopic (exact) mass is 438 g/mol. The van der Waals surface area contributed by atoms with Crippen molar-refractivity contribution in [3.8, 4) is 11.1 Å². The summed E-state index contributed by atoms with van der Waals surface area (Å²) in [5.41, 5.74) is 3.25. The molecule has 0 radical (unpaired) electrons. The summed E-state index contributed by atoms with van der Waals surface area (Å²) >= 11 is 0. The maximum absolute atomic E-state index is 15.1. The largest absolute Gasteiger partial charge is 0.462 e. The van der Waals surface area contributed by atoms with Gasteiger partial charge in [-0.15, -0.1) is 27.7 Å². The minimum Gasteiger partial charge on any atom is -0.462 e. The van der Waals surface area contributed by atoms with E-state index in [1.54, 1.807) is 12.1 Å². The lowest BCUT2D eigenvalue weighted by Crippen LogP contribution is -2.26. The lowest BCUT2D eigenvalue weighted by molar-refractivity contribution is 0.0458. The maximum Gasteiger partial charge on any atom is 0.338 e. The maximum atomic E-state index is 15.1. The zero-order chi connectivity index (χ0) is 20.7. The van der Waals surface area contributed by atoms with Crippen LogP contribution in [-0.2, 0) is 10.9 Å². The molecule has 3 atom stereocenters. The molecule has 2 aromatic rings. The molecule has 2 aromatic carbocycles. The van der Waals surface area contributed by atoms with Gasteiger partial charge in [-0.3, -0.25) is 0 Å². The third-order valence-electron chi connectivity index (χ3n) is 5.51. The van der Waals surface area contributed by atoms with Crippen LogP contribution in [0.1, 0.15) is 41.3 Å². The van der Waals surface area contributed by atoms with Crippen LogP contribution < -0.4 is 0 Å². The molecule has 0 aliphatic heterocycles. The second-order valence-corrected chi connectivity index (χ2v) is 8.40. The van der Waals surface area contributed by atoms with Gasteiger partial charge in [0.2, 0.25) is 0 Å². The Morgan fingerprint density at radius 1 is 1.07 bits per heavy atom. The molecule has 0 N–H and O–H groups in total. The van der Waals surface area contributed by atoms with Crippen LogP contribution in [0.15, 0.2) is 36.4 Å². The van der Waals surface area contributed by atoms with E-state index in [9.17, 15) is 4.79 Å². The van der Waals surface area contributed by atoms with Gasteiger partial charge in [0.1, 0.15) is 5.82 Å². The Hall–Kier alpha value is -0.870. The first kappa shape index (κ1) is 23.4. The Morgan fingerprint density at radius 3 is 2.25 bits per heavy atom. The molecule has 0 aliphatic carbocycles. The van der Waals surface area contributed by atoms with E-state index in [0.29, 0.717) is 29.5 Å². The van der Waals surface area contributed by atoms with E-state index in [-0.39, 0.29) is 11.2 Å². The number of carbonyl (C=O) groups is 1. The van der Waals surface area contributed by atoms with E-state index in [0.717, 1.165) is 36.3 Å². The summed E-state index contributed by atoms with van der Waals surface area (Å²) in [6.45, 7) is 4.49. The van der Waals surface area contributed by atoms with Crippen LogP contribution in [0.5, 0.6) is 0 Å². The molecule has 0 saturated carbocycles. The Kier molecular flexibility index (Phi) is 9.01. The molecule has 0 spiro atoms. The fourth-order valence-electron chi connectivity index (χ4n) is 3.16. The van der Waals surface area contributed by atoms with Crippen molar-refractivity contribution in [3.05, 3.63) is 58.9 Å². The molecule has 0 aromatic heterocycles. The van der Waals surface area contributed by atoms with Crippen LogP contribution in [0.25, 0.3) is 11.1 Å². The van der Waals surface area contributed by atoms with Gasteiger partial charge in [0.05, 0.1) is 12.2 Å². The molecule has 3 unspecified atom stereocenters. The molecule has 2 rings (SSSR count). The number of hydrogen-bond donors (Lipinski definition) is 0. The highest BCUT2D eigenvalue weighted by atomic mass is 31.0. The van der Waals surface area contributed by atoms with Gasteiger partial charge >= 0.3 is 5.97 Å². The lowest BCUT2D eigenvalue weighted by atomic mass is 9.86. The fourth-order valence-corrected chi connectivity index (χ4v) is 5.21. The predicted octanol–water partition coefficient (Wildman–Crippen LogP) is 5.87. The molecule has 6 heteroatoms. The number of hydrogen-bond acceptors (Lipinski definition) is 2. The van der Waals surface area contributed by atoms with Crippen LogP contribution in [0.3, 0.4) is 0 Å². The summed E-state index contributed by atoms with van der Waals surface area (Å²) in [6, 6.07) is 11.0. The number of esters is 1. The Morgan fingerprint density at radius 2 is 1.71 bits per heavy atom. The average Bonchev–Trinajstić information content (AvgIpc) is 2.72. The van der Waals surface area contributed by atoms with Gasteiger partial charge in [0.25, 0.3) is 0 Å². The first-order chi connectivity index (χ1) is 13.4. The summed E-state index contributed by atoms with van der Waals surface area (Å²) in [7, 11) is 8.09. The zero-order valence-electron chi connectivity index (χ0n) is 16.6. The van der Waals surface area contributed by atoms with Crippen molar-refractivity contribution >= 4 is 33.7 Å². The number of halogens is 1. The molecule has 0 heterocycles. The SMILES string of the molecule is CCC(CP)(CP)CCOC(=O)c1ccc(-c2ccc(C)cc2)c(F)c1CP. The smallest absolute Gasteiger partial charge is 0.338 e. The Labute approximate surface area is 175 Å². The molecule has 0 bridgehead atoms. The van der Waals surface area contributed by atoms with E-state index < -0.39 is 5.97 Å². The summed E-state index contributed by atoms with van der Waals surface area (Å²) in [4.78, 5) is 12.6. The molecular formula is C22H30FO2P3. The van der Waals surface area contributed by atoms with E-state index in [1.165, 1.54) is 0 Å². The molecule has 0 fully saturated rings. The average molecular weight is 438 g/mol. The second-order valence-electron chi connectivity index (χ2n) is 7.17. The van der Waals surface area contributed by atoms with Crippen LogP contribution >= 0.6 is 27.7 Å². The Bertz CT molecular complexity index is 794. The minimum absolute atomic E-state index is 0.138. The number of aryl methyl sites for hydroxylation is 1. The van der Waals surface area contributed by atoms with Gasteiger partial charge in [-0.1, -0.05) is 42.8 Å². The minimum atomic E-state index is -0.454. The number of benzene rings is 2. The van der Waals surface area contributed by atoms with Gasteiger partial charge in [-0.25, -0.2) is 9.18 Å². The molecule has 0 aliphatic rings. The quantitative estimate of drug-likeness (QED) is 0.362. The van der Waals surface area contributed by atoms with Gasteiger partial charge in [-0.05, 0) is 55.3 Å². The molecular weight excluding hydrogens is 408 g/mol. The first-order valence-corrected chi connectivity index (χ1v) is 12.0.